The van der Waals surface area contributed by atoms with Gasteiger partial charge in [0.1, 0.15) is 16.5 Å². The summed E-state index contributed by atoms with van der Waals surface area (Å²) in [6.45, 7) is 1.97. The topological polar surface area (TPSA) is 91.2 Å². The maximum atomic E-state index is 13.1. The molecule has 7 nitrogen and oxygen atoms in total. The summed E-state index contributed by atoms with van der Waals surface area (Å²) in [5.74, 6) is 0.346. The molecule has 0 N–H and O–H groups in total. The fourth-order valence-electron chi connectivity index (χ4n) is 2.89. The Morgan fingerprint density at radius 3 is 2.50 bits per heavy atom. The molecule has 2 aromatic heterocycles. The van der Waals surface area contributed by atoms with E-state index in [9.17, 15) is 14.9 Å². The predicted molar refractivity (Wildman–Crippen MR) is 106 cm³/mol. The van der Waals surface area contributed by atoms with Crippen LogP contribution in [0.5, 0.6) is 0 Å². The molecule has 0 unspecified atom stereocenters. The van der Waals surface area contributed by atoms with Crippen LogP contribution in [0.4, 0.5) is 5.88 Å². The Kier molecular flexibility index (Phi) is 4.33. The molecule has 7 heteroatoms. The number of furan rings is 1. The molecule has 0 saturated heterocycles. The van der Waals surface area contributed by atoms with E-state index in [-0.39, 0.29) is 11.4 Å². The Labute approximate surface area is 159 Å². The van der Waals surface area contributed by atoms with E-state index in [1.54, 1.807) is 30.4 Å². The summed E-state index contributed by atoms with van der Waals surface area (Å²) in [5.41, 5.74) is 2.13. The highest BCUT2D eigenvalue weighted by molar-refractivity contribution is 5.79. The lowest BCUT2D eigenvalue weighted by atomic mass is 10.2. The van der Waals surface area contributed by atoms with E-state index in [4.69, 9.17) is 4.42 Å². The summed E-state index contributed by atoms with van der Waals surface area (Å²) in [5, 5.41) is 11.3. The van der Waals surface area contributed by atoms with Crippen LogP contribution in [0.25, 0.3) is 28.7 Å². The Morgan fingerprint density at radius 2 is 1.79 bits per heavy atom. The molecule has 0 radical (unpaired) electrons. The standard InChI is InChI=1S/C21H15N3O4/c1-14-6-8-15(9-7-14)23-19(12-10-16-11-13-20(28-16)24(26)27)22-18-5-3-2-4-17(18)21(23)25/h2-13H,1H3/b12-10+. The van der Waals surface area contributed by atoms with E-state index < -0.39 is 4.92 Å². The SMILES string of the molecule is Cc1ccc(-n2c(/C=C/c3ccc([N+](=O)[O-])o3)nc3ccccc3c2=O)cc1. The number of aryl methyl sites for hydroxylation is 1. The summed E-state index contributed by atoms with van der Waals surface area (Å²) in [6.07, 6.45) is 3.16. The van der Waals surface area contributed by atoms with Crippen molar-refractivity contribution in [1.82, 2.24) is 9.55 Å². The normalized spacial score (nSPS) is 11.3. The Bertz CT molecular complexity index is 1270. The Morgan fingerprint density at radius 1 is 1.04 bits per heavy atom. The van der Waals surface area contributed by atoms with Crippen LogP contribution in [0.15, 0.2) is 69.9 Å². The molecule has 0 aliphatic rings. The first kappa shape index (κ1) is 17.4. The zero-order valence-corrected chi connectivity index (χ0v) is 14.9. The van der Waals surface area contributed by atoms with Gasteiger partial charge >= 0.3 is 5.88 Å². The van der Waals surface area contributed by atoms with E-state index >= 15 is 0 Å². The van der Waals surface area contributed by atoms with Crippen molar-refractivity contribution in [1.29, 1.82) is 0 Å². The van der Waals surface area contributed by atoms with E-state index in [1.807, 2.05) is 37.3 Å². The number of fused-ring (bicyclic) bond motifs is 1. The third-order valence-corrected chi connectivity index (χ3v) is 4.28. The fourth-order valence-corrected chi connectivity index (χ4v) is 2.89. The molecule has 138 valence electrons. The number of benzene rings is 2. The number of hydrogen-bond donors (Lipinski definition) is 0. The van der Waals surface area contributed by atoms with Gasteiger partial charge in [-0.1, -0.05) is 29.8 Å². The highest BCUT2D eigenvalue weighted by Gasteiger charge is 2.12. The molecule has 2 heterocycles. The van der Waals surface area contributed by atoms with Gasteiger partial charge in [-0.05, 0) is 49.4 Å². The first-order valence-electron chi connectivity index (χ1n) is 8.54. The molecule has 4 aromatic rings. The van der Waals surface area contributed by atoms with Gasteiger partial charge < -0.3 is 4.42 Å². The van der Waals surface area contributed by atoms with Crippen molar-refractivity contribution >= 4 is 28.9 Å². The number of aromatic nitrogens is 2. The number of para-hydroxylation sites is 1. The largest absolute Gasteiger partial charge is 0.433 e. The summed E-state index contributed by atoms with van der Waals surface area (Å²) < 4.78 is 6.65. The van der Waals surface area contributed by atoms with Gasteiger partial charge in [0.25, 0.3) is 5.56 Å². The van der Waals surface area contributed by atoms with E-state index in [0.717, 1.165) is 5.56 Å². The zero-order valence-electron chi connectivity index (χ0n) is 14.9. The lowest BCUT2D eigenvalue weighted by Crippen LogP contribution is -2.22. The number of nitro groups is 1. The van der Waals surface area contributed by atoms with Gasteiger partial charge in [-0.3, -0.25) is 19.5 Å². The van der Waals surface area contributed by atoms with Gasteiger partial charge in [0.15, 0.2) is 0 Å². The average Bonchev–Trinajstić information content (AvgIpc) is 3.17. The Balaban J connectivity index is 1.89. The van der Waals surface area contributed by atoms with Crippen LogP contribution in [-0.2, 0) is 0 Å². The van der Waals surface area contributed by atoms with Crippen LogP contribution in [0.1, 0.15) is 17.1 Å². The van der Waals surface area contributed by atoms with Crippen molar-refractivity contribution in [2.24, 2.45) is 0 Å². The third-order valence-electron chi connectivity index (χ3n) is 4.28. The van der Waals surface area contributed by atoms with Crippen molar-refractivity contribution in [2.45, 2.75) is 6.92 Å². The van der Waals surface area contributed by atoms with Gasteiger partial charge in [0.2, 0.25) is 0 Å². The summed E-state index contributed by atoms with van der Waals surface area (Å²) in [6, 6.07) is 17.4. The van der Waals surface area contributed by atoms with Crippen molar-refractivity contribution in [2.75, 3.05) is 0 Å². The van der Waals surface area contributed by atoms with Crippen LogP contribution in [-0.4, -0.2) is 14.5 Å². The van der Waals surface area contributed by atoms with Gasteiger partial charge in [-0.25, -0.2) is 4.98 Å². The van der Waals surface area contributed by atoms with Crippen LogP contribution in [0.2, 0.25) is 0 Å². The molecular formula is C21H15N3O4. The van der Waals surface area contributed by atoms with Crippen LogP contribution < -0.4 is 5.56 Å². The molecule has 2 aromatic carbocycles. The molecule has 0 aliphatic carbocycles. The van der Waals surface area contributed by atoms with E-state index in [2.05, 4.69) is 4.98 Å². The molecule has 28 heavy (non-hydrogen) atoms. The molecule has 0 atom stereocenters. The summed E-state index contributed by atoms with van der Waals surface area (Å²) in [4.78, 5) is 27.9. The Hall–Kier alpha value is -4.00. The lowest BCUT2D eigenvalue weighted by Gasteiger charge is -2.11. The number of nitrogens with zero attached hydrogens (tertiary/aromatic N) is 3. The minimum absolute atomic E-state index is 0.195. The highest BCUT2D eigenvalue weighted by Crippen LogP contribution is 2.19. The van der Waals surface area contributed by atoms with Crippen LogP contribution in [0.3, 0.4) is 0 Å². The second kappa shape index (κ2) is 6.96. The first-order valence-corrected chi connectivity index (χ1v) is 8.54. The smallest absolute Gasteiger partial charge is 0.401 e. The van der Waals surface area contributed by atoms with E-state index in [0.29, 0.717) is 28.2 Å². The minimum atomic E-state index is -0.603. The van der Waals surface area contributed by atoms with Crippen LogP contribution >= 0.6 is 0 Å². The molecular weight excluding hydrogens is 358 g/mol. The van der Waals surface area contributed by atoms with Crippen LogP contribution in [0, 0.1) is 17.0 Å². The highest BCUT2D eigenvalue weighted by atomic mass is 16.6. The molecule has 0 aliphatic heterocycles. The molecule has 0 spiro atoms. The van der Waals surface area contributed by atoms with Crippen molar-refractivity contribution in [3.8, 4) is 5.69 Å². The molecule has 0 saturated carbocycles. The maximum absolute atomic E-state index is 13.1. The average molecular weight is 373 g/mol. The van der Waals surface area contributed by atoms with Crippen molar-refractivity contribution in [3.05, 3.63) is 98.3 Å². The molecule has 0 bridgehead atoms. The third kappa shape index (κ3) is 3.21. The second-order valence-electron chi connectivity index (χ2n) is 6.23. The summed E-state index contributed by atoms with van der Waals surface area (Å²) >= 11 is 0. The fraction of sp³-hybridized carbons (Fsp3) is 0.0476. The van der Waals surface area contributed by atoms with Gasteiger partial charge in [-0.15, -0.1) is 0 Å². The molecule has 0 fully saturated rings. The zero-order chi connectivity index (χ0) is 19.7. The minimum Gasteiger partial charge on any atom is -0.401 e. The second-order valence-corrected chi connectivity index (χ2v) is 6.23. The van der Waals surface area contributed by atoms with Gasteiger partial charge in [0, 0.05) is 0 Å². The van der Waals surface area contributed by atoms with Gasteiger partial charge in [0.05, 0.1) is 22.7 Å². The molecule has 4 rings (SSSR count). The first-order chi connectivity index (χ1) is 13.5. The quantitative estimate of drug-likeness (QED) is 0.391. The summed E-state index contributed by atoms with van der Waals surface area (Å²) in [7, 11) is 0. The number of hydrogen-bond acceptors (Lipinski definition) is 5. The van der Waals surface area contributed by atoms with Crippen molar-refractivity contribution in [3.63, 3.8) is 0 Å². The number of rotatable bonds is 4. The monoisotopic (exact) mass is 373 g/mol. The predicted octanol–water partition coefficient (Wildman–Crippen LogP) is 4.37. The maximum Gasteiger partial charge on any atom is 0.433 e. The molecule has 0 amide bonds. The van der Waals surface area contributed by atoms with Gasteiger partial charge in [-0.2, -0.15) is 0 Å². The van der Waals surface area contributed by atoms with E-state index in [1.165, 1.54) is 16.7 Å². The lowest BCUT2D eigenvalue weighted by molar-refractivity contribution is -0.402. The van der Waals surface area contributed by atoms with Crippen molar-refractivity contribution < 1.29 is 9.34 Å².